The zero-order valence-corrected chi connectivity index (χ0v) is 18.8. The first-order valence-electron chi connectivity index (χ1n) is 11.5. The summed E-state index contributed by atoms with van der Waals surface area (Å²) in [4.78, 5) is 21.1. The predicted octanol–water partition coefficient (Wildman–Crippen LogP) is 5.49. The molecule has 0 bridgehead atoms. The van der Waals surface area contributed by atoms with E-state index in [2.05, 4.69) is 47.1 Å². The van der Waals surface area contributed by atoms with Crippen LogP contribution < -0.4 is 4.90 Å². The number of aromatic nitrogens is 1. The SMILES string of the molecule is Cc1ccccc1N1CCN(C(=O)CC(c2ccc(F)cc2)c2c[nH]c3ccccc23)CC1. The summed E-state index contributed by atoms with van der Waals surface area (Å²) in [5.41, 5.74) is 5.57. The third-order valence-electron chi connectivity index (χ3n) is 6.74. The second kappa shape index (κ2) is 9.10. The van der Waals surface area contributed by atoms with Gasteiger partial charge in [-0.2, -0.15) is 0 Å². The number of nitrogens with one attached hydrogen (secondary N) is 1. The first-order valence-corrected chi connectivity index (χ1v) is 11.5. The van der Waals surface area contributed by atoms with Gasteiger partial charge in [-0.1, -0.05) is 48.5 Å². The number of carbonyl (C=O) groups is 1. The lowest BCUT2D eigenvalue weighted by molar-refractivity contribution is -0.131. The molecule has 1 unspecified atom stereocenters. The van der Waals surface area contributed by atoms with E-state index in [1.807, 2.05) is 29.3 Å². The van der Waals surface area contributed by atoms with Gasteiger partial charge >= 0.3 is 0 Å². The quantitative estimate of drug-likeness (QED) is 0.445. The van der Waals surface area contributed by atoms with E-state index in [4.69, 9.17) is 0 Å². The lowest BCUT2D eigenvalue weighted by Crippen LogP contribution is -2.49. The van der Waals surface area contributed by atoms with E-state index in [1.165, 1.54) is 23.4 Å². The summed E-state index contributed by atoms with van der Waals surface area (Å²) in [6.45, 7) is 5.19. The lowest BCUT2D eigenvalue weighted by Gasteiger charge is -2.37. The molecule has 0 radical (unpaired) electrons. The highest BCUT2D eigenvalue weighted by Crippen LogP contribution is 2.34. The molecule has 1 fully saturated rings. The Hall–Kier alpha value is -3.60. The molecule has 5 heteroatoms. The van der Waals surface area contributed by atoms with E-state index < -0.39 is 0 Å². The number of nitrogens with zero attached hydrogens (tertiary/aromatic N) is 2. The molecule has 3 aromatic carbocycles. The van der Waals surface area contributed by atoms with Crippen LogP contribution >= 0.6 is 0 Å². The van der Waals surface area contributed by atoms with Crippen LogP contribution in [0.3, 0.4) is 0 Å². The molecule has 1 aliphatic rings. The highest BCUT2D eigenvalue weighted by Gasteiger charge is 2.27. The fraction of sp³-hybridized carbons (Fsp3) is 0.250. The van der Waals surface area contributed by atoms with Crippen molar-refractivity contribution in [2.75, 3.05) is 31.1 Å². The summed E-state index contributed by atoms with van der Waals surface area (Å²) in [6, 6.07) is 23.0. The van der Waals surface area contributed by atoms with Gasteiger partial charge in [-0.3, -0.25) is 4.79 Å². The highest BCUT2D eigenvalue weighted by atomic mass is 19.1. The van der Waals surface area contributed by atoms with E-state index in [9.17, 15) is 9.18 Å². The van der Waals surface area contributed by atoms with Crippen LogP contribution in [0.1, 0.15) is 29.0 Å². The molecule has 1 amide bonds. The van der Waals surface area contributed by atoms with Gasteiger partial charge < -0.3 is 14.8 Å². The molecular formula is C28H28FN3O. The molecule has 0 spiro atoms. The second-order valence-corrected chi connectivity index (χ2v) is 8.75. The van der Waals surface area contributed by atoms with Crippen LogP contribution in [0.2, 0.25) is 0 Å². The standard InChI is InChI=1S/C28H28FN3O/c1-20-6-2-5-9-27(20)31-14-16-32(17-15-31)28(33)18-24(21-10-12-22(29)13-11-21)25-19-30-26-8-4-3-7-23(25)26/h2-13,19,24,30H,14-18H2,1H3. The van der Waals surface area contributed by atoms with Crippen LogP contribution in [0.4, 0.5) is 10.1 Å². The van der Waals surface area contributed by atoms with Crippen molar-refractivity contribution in [2.24, 2.45) is 0 Å². The fourth-order valence-electron chi connectivity index (χ4n) is 4.90. The molecule has 4 nitrogen and oxygen atoms in total. The summed E-state index contributed by atoms with van der Waals surface area (Å²) >= 11 is 0. The number of H-pyrrole nitrogens is 1. The Kier molecular flexibility index (Phi) is 5.86. The molecule has 1 aromatic heterocycles. The van der Waals surface area contributed by atoms with Gasteiger partial charge in [0.1, 0.15) is 5.82 Å². The average Bonchev–Trinajstić information content (AvgIpc) is 3.27. The third-order valence-corrected chi connectivity index (χ3v) is 6.74. The predicted molar refractivity (Wildman–Crippen MR) is 131 cm³/mol. The number of hydrogen-bond donors (Lipinski definition) is 1. The van der Waals surface area contributed by atoms with Crippen molar-refractivity contribution >= 4 is 22.5 Å². The number of aromatic amines is 1. The molecule has 5 rings (SSSR count). The average molecular weight is 442 g/mol. The number of halogens is 1. The summed E-state index contributed by atoms with van der Waals surface area (Å²) in [5, 5.41) is 1.10. The Morgan fingerprint density at radius 1 is 0.939 bits per heavy atom. The molecule has 1 N–H and O–H groups in total. The van der Waals surface area contributed by atoms with Crippen molar-refractivity contribution in [3.63, 3.8) is 0 Å². The Labute approximate surface area is 193 Å². The Balaban J connectivity index is 1.36. The van der Waals surface area contributed by atoms with Gasteiger partial charge in [-0.25, -0.2) is 4.39 Å². The number of para-hydroxylation sites is 2. The van der Waals surface area contributed by atoms with Crippen molar-refractivity contribution in [3.05, 3.63) is 102 Å². The van der Waals surface area contributed by atoms with Crippen LogP contribution in [0.5, 0.6) is 0 Å². The summed E-state index contributed by atoms with van der Waals surface area (Å²) in [7, 11) is 0. The minimum absolute atomic E-state index is 0.136. The maximum Gasteiger partial charge on any atom is 0.223 e. The molecule has 1 atom stereocenters. The number of anilines is 1. The Morgan fingerprint density at radius 2 is 1.64 bits per heavy atom. The Morgan fingerprint density at radius 3 is 2.39 bits per heavy atom. The summed E-state index contributed by atoms with van der Waals surface area (Å²) in [6.07, 6.45) is 2.35. The van der Waals surface area contributed by atoms with Crippen molar-refractivity contribution < 1.29 is 9.18 Å². The van der Waals surface area contributed by atoms with Gasteiger partial charge in [0.25, 0.3) is 0 Å². The lowest BCUT2D eigenvalue weighted by atomic mass is 9.87. The topological polar surface area (TPSA) is 39.3 Å². The number of aryl methyl sites for hydroxylation is 1. The molecule has 2 heterocycles. The van der Waals surface area contributed by atoms with Crippen LogP contribution in [-0.4, -0.2) is 42.0 Å². The van der Waals surface area contributed by atoms with E-state index in [-0.39, 0.29) is 17.6 Å². The number of rotatable bonds is 5. The monoisotopic (exact) mass is 441 g/mol. The minimum Gasteiger partial charge on any atom is -0.368 e. The number of amides is 1. The van der Waals surface area contributed by atoms with Crippen LogP contribution in [0, 0.1) is 12.7 Å². The molecule has 33 heavy (non-hydrogen) atoms. The van der Waals surface area contributed by atoms with Gasteiger partial charge in [0, 0.05) is 61.3 Å². The van der Waals surface area contributed by atoms with Crippen molar-refractivity contribution in [1.29, 1.82) is 0 Å². The van der Waals surface area contributed by atoms with Gasteiger partial charge in [0.05, 0.1) is 0 Å². The Bertz CT molecular complexity index is 1260. The molecule has 4 aromatic rings. The normalized spacial score (nSPS) is 15.1. The molecular weight excluding hydrogens is 413 g/mol. The smallest absolute Gasteiger partial charge is 0.223 e. The molecule has 168 valence electrons. The maximum absolute atomic E-state index is 13.6. The summed E-state index contributed by atoms with van der Waals surface area (Å²) in [5.74, 6) is -0.266. The first-order chi connectivity index (χ1) is 16.1. The molecule has 1 aliphatic heterocycles. The molecule has 0 aliphatic carbocycles. The number of hydrogen-bond acceptors (Lipinski definition) is 2. The zero-order valence-electron chi connectivity index (χ0n) is 18.8. The number of carbonyl (C=O) groups excluding carboxylic acids is 1. The third kappa shape index (κ3) is 4.36. The van der Waals surface area contributed by atoms with Crippen molar-refractivity contribution in [3.8, 4) is 0 Å². The van der Waals surface area contributed by atoms with Crippen LogP contribution in [0.25, 0.3) is 10.9 Å². The number of piperazine rings is 1. The maximum atomic E-state index is 13.6. The first kappa shape index (κ1) is 21.3. The van der Waals surface area contributed by atoms with Gasteiger partial charge in [0.2, 0.25) is 5.91 Å². The fourth-order valence-corrected chi connectivity index (χ4v) is 4.90. The molecule has 0 saturated carbocycles. The highest BCUT2D eigenvalue weighted by molar-refractivity contribution is 5.86. The van der Waals surface area contributed by atoms with Gasteiger partial charge in [-0.15, -0.1) is 0 Å². The number of fused-ring (bicyclic) bond motifs is 1. The van der Waals surface area contributed by atoms with Crippen LogP contribution in [-0.2, 0) is 4.79 Å². The van der Waals surface area contributed by atoms with E-state index in [0.29, 0.717) is 19.5 Å². The van der Waals surface area contributed by atoms with Crippen LogP contribution in [0.15, 0.2) is 79.0 Å². The molecule has 1 saturated heterocycles. The number of benzene rings is 3. The van der Waals surface area contributed by atoms with E-state index in [1.54, 1.807) is 12.1 Å². The second-order valence-electron chi connectivity index (χ2n) is 8.75. The van der Waals surface area contributed by atoms with Gasteiger partial charge in [0.15, 0.2) is 0 Å². The minimum atomic E-state index is -0.268. The van der Waals surface area contributed by atoms with Crippen molar-refractivity contribution in [1.82, 2.24) is 9.88 Å². The van der Waals surface area contributed by atoms with E-state index in [0.717, 1.165) is 35.1 Å². The largest absolute Gasteiger partial charge is 0.368 e. The van der Waals surface area contributed by atoms with Gasteiger partial charge in [-0.05, 0) is 47.9 Å². The van der Waals surface area contributed by atoms with Crippen molar-refractivity contribution in [2.45, 2.75) is 19.3 Å². The summed E-state index contributed by atoms with van der Waals surface area (Å²) < 4.78 is 13.6. The zero-order chi connectivity index (χ0) is 22.8. The van der Waals surface area contributed by atoms with E-state index >= 15 is 0 Å².